The molecule has 3 heterocycles. The fraction of sp³-hybridized carbons (Fsp3) is 0.591. The van der Waals surface area contributed by atoms with Crippen LogP contribution < -0.4 is 0 Å². The van der Waals surface area contributed by atoms with Crippen LogP contribution in [-0.2, 0) is 20.6 Å². The molecule has 0 spiro atoms. The van der Waals surface area contributed by atoms with E-state index in [1.54, 1.807) is 5.51 Å². The fourth-order valence-electron chi connectivity index (χ4n) is 4.83. The number of aliphatic hydroxyl groups excluding tert-OH is 1. The summed E-state index contributed by atoms with van der Waals surface area (Å²) in [6.07, 6.45) is 1.61. The van der Waals surface area contributed by atoms with Crippen LogP contribution in [-0.4, -0.2) is 52.4 Å². The Balaban J connectivity index is 1.80. The molecule has 1 aromatic rings. The molecule has 1 amide bonds. The van der Waals surface area contributed by atoms with Crippen LogP contribution in [0.3, 0.4) is 0 Å². The minimum absolute atomic E-state index is 0.0854. The summed E-state index contributed by atoms with van der Waals surface area (Å²) < 4.78 is 6.58. The number of aliphatic hydroxyl groups is 1. The SMILES string of the molecule is CC[Si](CC)(CC)O[C@H](C)[C@H]1C(=O)N2C(C(=O)O)=C(S/C=C\c3scnc3CO)[C@H](C)[C@H]12. The number of rotatable bonds is 11. The molecule has 1 fully saturated rings. The van der Waals surface area contributed by atoms with Crippen molar-refractivity contribution in [2.75, 3.05) is 0 Å². The Morgan fingerprint density at radius 3 is 2.59 bits per heavy atom. The number of hydrogen-bond acceptors (Lipinski definition) is 7. The summed E-state index contributed by atoms with van der Waals surface area (Å²) >= 11 is 2.74. The first kappa shape index (κ1) is 25.2. The molecule has 0 aliphatic carbocycles. The monoisotopic (exact) mass is 496 g/mol. The molecule has 0 unspecified atom stereocenters. The zero-order valence-electron chi connectivity index (χ0n) is 19.2. The molecule has 0 bridgehead atoms. The Morgan fingerprint density at radius 1 is 1.38 bits per heavy atom. The number of β-lactam (4-membered cyclic amide) rings is 1. The van der Waals surface area contributed by atoms with Crippen LogP contribution in [0.4, 0.5) is 0 Å². The lowest BCUT2D eigenvalue weighted by Gasteiger charge is -2.49. The smallest absolute Gasteiger partial charge is 0.353 e. The Morgan fingerprint density at radius 2 is 2.03 bits per heavy atom. The Kier molecular flexibility index (Phi) is 8.03. The molecule has 0 saturated carbocycles. The molecule has 4 atom stereocenters. The van der Waals surface area contributed by atoms with E-state index in [0.717, 1.165) is 23.0 Å². The number of hydrogen-bond donors (Lipinski definition) is 2. The molecule has 176 valence electrons. The van der Waals surface area contributed by atoms with Crippen LogP contribution in [0, 0.1) is 11.8 Å². The van der Waals surface area contributed by atoms with Crippen LogP contribution >= 0.6 is 23.1 Å². The zero-order valence-corrected chi connectivity index (χ0v) is 21.8. The summed E-state index contributed by atoms with van der Waals surface area (Å²) in [6, 6.07) is 2.83. The zero-order chi connectivity index (χ0) is 23.6. The molecule has 32 heavy (non-hydrogen) atoms. The summed E-state index contributed by atoms with van der Waals surface area (Å²) in [5.74, 6) is -1.64. The molecule has 2 aliphatic rings. The minimum Gasteiger partial charge on any atom is -0.477 e. The average Bonchev–Trinajstić information content (AvgIpc) is 3.33. The maximum atomic E-state index is 13.1. The average molecular weight is 497 g/mol. The molecule has 1 aromatic heterocycles. The predicted molar refractivity (Wildman–Crippen MR) is 130 cm³/mol. The Hall–Kier alpha value is -1.46. The van der Waals surface area contributed by atoms with E-state index in [1.165, 1.54) is 28.0 Å². The van der Waals surface area contributed by atoms with Gasteiger partial charge in [-0.15, -0.1) is 11.3 Å². The Bertz CT molecular complexity index is 919. The molecule has 2 aliphatic heterocycles. The van der Waals surface area contributed by atoms with E-state index in [0.29, 0.717) is 10.6 Å². The summed E-state index contributed by atoms with van der Waals surface area (Å²) in [6.45, 7) is 10.3. The van der Waals surface area contributed by atoms with Gasteiger partial charge in [-0.1, -0.05) is 39.5 Å². The first-order valence-electron chi connectivity index (χ1n) is 11.1. The predicted octanol–water partition coefficient (Wildman–Crippen LogP) is 4.52. The first-order valence-corrected chi connectivity index (χ1v) is 15.4. The van der Waals surface area contributed by atoms with Gasteiger partial charge in [0.15, 0.2) is 8.32 Å². The lowest BCUT2D eigenvalue weighted by molar-refractivity contribution is -0.162. The molecular weight excluding hydrogens is 464 g/mol. The summed E-state index contributed by atoms with van der Waals surface area (Å²) in [5, 5.41) is 21.1. The highest BCUT2D eigenvalue weighted by atomic mass is 32.2. The van der Waals surface area contributed by atoms with Crippen LogP contribution in [0.25, 0.3) is 6.08 Å². The summed E-state index contributed by atoms with van der Waals surface area (Å²) in [7, 11) is -1.88. The van der Waals surface area contributed by atoms with E-state index < -0.39 is 14.3 Å². The van der Waals surface area contributed by atoms with Crippen molar-refractivity contribution < 1.29 is 24.2 Å². The number of carboxylic acids is 1. The van der Waals surface area contributed by atoms with Gasteiger partial charge in [0.1, 0.15) is 5.70 Å². The number of carbonyl (C=O) groups excluding carboxylic acids is 1. The second kappa shape index (κ2) is 10.2. The number of thiazole rings is 1. The number of aromatic nitrogens is 1. The normalized spacial score (nSPS) is 24.2. The van der Waals surface area contributed by atoms with Crippen LogP contribution in [0.15, 0.2) is 21.5 Å². The highest BCUT2D eigenvalue weighted by molar-refractivity contribution is 8.06. The van der Waals surface area contributed by atoms with Gasteiger partial charge in [-0.25, -0.2) is 9.78 Å². The maximum absolute atomic E-state index is 13.1. The number of amides is 1. The van der Waals surface area contributed by atoms with Gasteiger partial charge in [0, 0.05) is 10.8 Å². The lowest BCUT2D eigenvalue weighted by Crippen LogP contribution is -2.65. The van der Waals surface area contributed by atoms with Gasteiger partial charge in [0.25, 0.3) is 0 Å². The van der Waals surface area contributed by atoms with Crippen LogP contribution in [0.1, 0.15) is 45.2 Å². The van der Waals surface area contributed by atoms with Gasteiger partial charge >= 0.3 is 5.97 Å². The van der Waals surface area contributed by atoms with E-state index in [9.17, 15) is 19.8 Å². The molecule has 3 rings (SSSR count). The number of carbonyl (C=O) groups is 2. The van der Waals surface area contributed by atoms with E-state index in [-0.39, 0.29) is 42.2 Å². The maximum Gasteiger partial charge on any atom is 0.353 e. The summed E-state index contributed by atoms with van der Waals surface area (Å²) in [5.41, 5.74) is 2.35. The van der Waals surface area contributed by atoms with Gasteiger partial charge in [-0.05, 0) is 36.5 Å². The topological polar surface area (TPSA) is 100.0 Å². The minimum atomic E-state index is -1.88. The number of aliphatic carboxylic acids is 1. The van der Waals surface area contributed by atoms with Crippen molar-refractivity contribution in [2.45, 2.75) is 71.5 Å². The van der Waals surface area contributed by atoms with Gasteiger partial charge in [0.2, 0.25) is 5.91 Å². The molecule has 0 radical (unpaired) electrons. The van der Waals surface area contributed by atoms with Crippen molar-refractivity contribution in [3.8, 4) is 0 Å². The van der Waals surface area contributed by atoms with E-state index in [2.05, 4.69) is 25.8 Å². The van der Waals surface area contributed by atoms with Crippen molar-refractivity contribution in [3.63, 3.8) is 0 Å². The van der Waals surface area contributed by atoms with Gasteiger partial charge < -0.3 is 19.5 Å². The van der Waals surface area contributed by atoms with Crippen molar-refractivity contribution in [1.82, 2.24) is 9.88 Å². The third-order valence-corrected chi connectivity index (χ3v) is 13.6. The second-order valence-corrected chi connectivity index (χ2v) is 14.9. The second-order valence-electron chi connectivity index (χ2n) is 8.34. The van der Waals surface area contributed by atoms with E-state index >= 15 is 0 Å². The highest BCUT2D eigenvalue weighted by Gasteiger charge is 2.60. The van der Waals surface area contributed by atoms with Crippen molar-refractivity contribution in [2.24, 2.45) is 11.8 Å². The molecule has 1 saturated heterocycles. The molecular formula is C22H32N2O5S2Si. The Labute approximate surface area is 198 Å². The first-order chi connectivity index (χ1) is 15.2. The highest BCUT2D eigenvalue weighted by Crippen LogP contribution is 2.51. The summed E-state index contributed by atoms with van der Waals surface area (Å²) in [4.78, 5) is 32.3. The number of nitrogens with zero attached hydrogens (tertiary/aromatic N) is 2. The standard InChI is InChI=1S/C22H32N2O5S2Si/c1-6-32(7-2,8-3)29-14(5)17-18-13(4)20(19(22(27)28)24(18)21(17)26)30-10-9-16-15(11-25)23-12-31-16/h9-10,12-14,17-18,25H,6-8,11H2,1-5H3,(H,27,28)/b10-9-/t13-,14-,17-,18-/m1/s1. The third-order valence-electron chi connectivity index (χ3n) is 6.90. The molecule has 2 N–H and O–H groups in total. The van der Waals surface area contributed by atoms with Crippen molar-refractivity contribution in [3.05, 3.63) is 32.1 Å². The van der Waals surface area contributed by atoms with Gasteiger partial charge in [-0.3, -0.25) is 4.79 Å². The lowest BCUT2D eigenvalue weighted by atomic mass is 9.79. The van der Waals surface area contributed by atoms with Crippen LogP contribution in [0.5, 0.6) is 0 Å². The van der Waals surface area contributed by atoms with E-state index in [1.807, 2.05) is 25.3 Å². The number of fused-ring (bicyclic) bond motifs is 1. The van der Waals surface area contributed by atoms with Crippen molar-refractivity contribution >= 4 is 49.4 Å². The van der Waals surface area contributed by atoms with Crippen LogP contribution in [0.2, 0.25) is 18.1 Å². The fourth-order valence-corrected chi connectivity index (χ4v) is 9.55. The largest absolute Gasteiger partial charge is 0.477 e. The van der Waals surface area contributed by atoms with Crippen molar-refractivity contribution in [1.29, 1.82) is 0 Å². The molecule has 10 heteroatoms. The van der Waals surface area contributed by atoms with E-state index in [4.69, 9.17) is 4.43 Å². The quantitative estimate of drug-likeness (QED) is 0.343. The van der Waals surface area contributed by atoms with Gasteiger partial charge in [-0.2, -0.15) is 0 Å². The third kappa shape index (κ3) is 4.35. The number of carboxylic acid groups (broad SMARTS) is 1. The molecule has 0 aromatic carbocycles. The van der Waals surface area contributed by atoms with Gasteiger partial charge in [0.05, 0.1) is 40.8 Å². The molecule has 7 nitrogen and oxygen atoms in total. The number of thioether (sulfide) groups is 1.